The fourth-order valence-electron chi connectivity index (χ4n) is 4.37. The Bertz CT molecular complexity index is 1500. The first-order valence-electron chi connectivity index (χ1n) is 10.4. The first-order chi connectivity index (χ1) is 15.9. The molecule has 0 radical (unpaired) electrons. The minimum absolute atomic E-state index is 0.177. The minimum Gasteiger partial charge on any atom is -0.488 e. The van der Waals surface area contributed by atoms with Crippen LogP contribution in [0, 0.1) is 24.1 Å². The van der Waals surface area contributed by atoms with Crippen LogP contribution < -0.4 is 4.74 Å². The number of hydrogen-bond acceptors (Lipinski definition) is 4. The molecule has 0 saturated carbocycles. The molecule has 33 heavy (non-hydrogen) atoms. The molecule has 164 valence electrons. The molecule has 1 atom stereocenters. The molecule has 0 bridgehead atoms. The van der Waals surface area contributed by atoms with Crippen LogP contribution in [0.4, 0.5) is 4.39 Å². The number of rotatable bonds is 2. The lowest BCUT2D eigenvalue weighted by molar-refractivity contribution is 0.213. The number of halogens is 2. The highest BCUT2D eigenvalue weighted by Gasteiger charge is 2.25. The van der Waals surface area contributed by atoms with Gasteiger partial charge in [-0.25, -0.2) is 9.37 Å². The van der Waals surface area contributed by atoms with E-state index in [2.05, 4.69) is 11.1 Å². The van der Waals surface area contributed by atoms with E-state index in [0.717, 1.165) is 11.1 Å². The topological polar surface area (TPSA) is 70.5 Å². The van der Waals surface area contributed by atoms with E-state index in [1.807, 2.05) is 29.5 Å². The van der Waals surface area contributed by atoms with E-state index in [-0.39, 0.29) is 6.61 Å². The number of fused-ring (bicyclic) bond motifs is 3. The molecule has 1 aliphatic rings. The molecule has 1 N–H and O–H groups in total. The zero-order valence-corrected chi connectivity index (χ0v) is 18.7. The quantitative estimate of drug-likeness (QED) is 0.387. The van der Waals surface area contributed by atoms with Gasteiger partial charge in [0, 0.05) is 40.1 Å². The zero-order valence-electron chi connectivity index (χ0n) is 17.9. The molecule has 1 aliphatic heterocycles. The monoisotopic (exact) mass is 459 g/mol. The van der Waals surface area contributed by atoms with Gasteiger partial charge in [0.1, 0.15) is 29.9 Å². The van der Waals surface area contributed by atoms with Crippen LogP contribution in [0.5, 0.6) is 5.75 Å². The highest BCUT2D eigenvalue weighted by atomic mass is 35.5. The molecule has 3 heterocycles. The van der Waals surface area contributed by atoms with Crippen molar-refractivity contribution in [2.45, 2.75) is 26.6 Å². The van der Waals surface area contributed by atoms with Gasteiger partial charge >= 0.3 is 0 Å². The first-order valence-corrected chi connectivity index (χ1v) is 10.7. The van der Waals surface area contributed by atoms with Crippen molar-refractivity contribution >= 4 is 22.8 Å². The van der Waals surface area contributed by atoms with Gasteiger partial charge in [-0.1, -0.05) is 23.7 Å². The van der Waals surface area contributed by atoms with Gasteiger partial charge in [-0.15, -0.1) is 0 Å². The van der Waals surface area contributed by atoms with Crippen LogP contribution in [-0.2, 0) is 6.61 Å². The Morgan fingerprint density at radius 2 is 2.00 bits per heavy atom. The summed E-state index contributed by atoms with van der Waals surface area (Å²) in [5.74, 6) is -0.0274. The summed E-state index contributed by atoms with van der Waals surface area (Å²) in [6.45, 7) is 3.75. The second kappa shape index (κ2) is 8.04. The lowest BCUT2D eigenvalue weighted by Gasteiger charge is -2.16. The Balaban J connectivity index is 1.64. The summed E-state index contributed by atoms with van der Waals surface area (Å²) < 4.78 is 21.6. The van der Waals surface area contributed by atoms with Crippen molar-refractivity contribution in [2.24, 2.45) is 0 Å². The highest BCUT2D eigenvalue weighted by molar-refractivity contribution is 6.30. The van der Waals surface area contributed by atoms with Gasteiger partial charge in [0.2, 0.25) is 0 Å². The summed E-state index contributed by atoms with van der Waals surface area (Å²) in [4.78, 5) is 4.52. The largest absolute Gasteiger partial charge is 0.488 e. The number of hydrogen-bond donors (Lipinski definition) is 1. The molecule has 0 spiro atoms. The number of imidazole rings is 1. The van der Waals surface area contributed by atoms with E-state index in [1.54, 1.807) is 31.3 Å². The van der Waals surface area contributed by atoms with Crippen LogP contribution in [-0.4, -0.2) is 14.5 Å². The van der Waals surface area contributed by atoms with Crippen LogP contribution in [0.3, 0.4) is 0 Å². The third-order valence-corrected chi connectivity index (χ3v) is 6.16. The third-order valence-electron chi connectivity index (χ3n) is 5.92. The van der Waals surface area contributed by atoms with Gasteiger partial charge in [-0.2, -0.15) is 5.26 Å². The van der Waals surface area contributed by atoms with E-state index in [9.17, 15) is 14.8 Å². The molecular formula is C26H19ClFN3O2. The van der Waals surface area contributed by atoms with Gasteiger partial charge < -0.3 is 14.2 Å². The van der Waals surface area contributed by atoms with E-state index >= 15 is 0 Å². The Labute approximate surface area is 195 Å². The van der Waals surface area contributed by atoms with Crippen LogP contribution in [0.1, 0.15) is 46.7 Å². The first kappa shape index (κ1) is 21.2. The minimum atomic E-state index is -0.945. The molecule has 5 nitrogen and oxygen atoms in total. The van der Waals surface area contributed by atoms with Gasteiger partial charge in [-0.3, -0.25) is 0 Å². The van der Waals surface area contributed by atoms with Gasteiger partial charge in [0.15, 0.2) is 0 Å². The van der Waals surface area contributed by atoms with Gasteiger partial charge in [-0.05, 0) is 54.8 Å². The van der Waals surface area contributed by atoms with Crippen molar-refractivity contribution in [1.29, 1.82) is 5.26 Å². The lowest BCUT2D eigenvalue weighted by Crippen LogP contribution is -2.07. The maximum atomic E-state index is 13.9. The average Bonchev–Trinajstić information content (AvgIpc) is 3.03. The van der Waals surface area contributed by atoms with Crippen molar-refractivity contribution in [3.05, 3.63) is 105 Å². The van der Waals surface area contributed by atoms with Crippen molar-refractivity contribution in [1.82, 2.24) is 9.38 Å². The fourth-order valence-corrected chi connectivity index (χ4v) is 4.53. The number of aliphatic hydroxyl groups is 1. The summed E-state index contributed by atoms with van der Waals surface area (Å²) in [7, 11) is 0. The number of allylic oxidation sites excluding steroid dienone is 1. The molecule has 2 aromatic carbocycles. The smallest absolute Gasteiger partial charge is 0.138 e. The number of aliphatic hydroxyl groups excluding tert-OH is 1. The molecule has 0 amide bonds. The molecule has 7 heteroatoms. The molecule has 2 aromatic heterocycles. The molecule has 1 unspecified atom stereocenters. The molecule has 0 aliphatic carbocycles. The van der Waals surface area contributed by atoms with Crippen LogP contribution >= 0.6 is 11.6 Å². The number of aromatic nitrogens is 2. The Morgan fingerprint density at radius 1 is 1.21 bits per heavy atom. The Hall–Kier alpha value is -3.66. The number of nitrogens with zero attached hydrogens (tertiary/aromatic N) is 3. The third kappa shape index (κ3) is 3.56. The number of aryl methyl sites for hydroxylation is 1. The number of ether oxygens (including phenoxy) is 1. The van der Waals surface area contributed by atoms with Crippen molar-refractivity contribution in [3.63, 3.8) is 0 Å². The predicted molar refractivity (Wildman–Crippen MR) is 123 cm³/mol. The summed E-state index contributed by atoms with van der Waals surface area (Å²) in [5, 5.41) is 21.5. The van der Waals surface area contributed by atoms with Crippen LogP contribution in [0.2, 0.25) is 5.02 Å². The van der Waals surface area contributed by atoms with E-state index in [1.165, 1.54) is 12.1 Å². The molecule has 5 rings (SSSR count). The van der Waals surface area contributed by atoms with Crippen LogP contribution in [0.15, 0.2) is 60.3 Å². The fraction of sp³-hybridized carbons (Fsp3) is 0.154. The van der Waals surface area contributed by atoms with Crippen molar-refractivity contribution in [2.75, 3.05) is 0 Å². The number of benzene rings is 2. The molecule has 0 fully saturated rings. The maximum absolute atomic E-state index is 13.9. The average molecular weight is 460 g/mol. The van der Waals surface area contributed by atoms with Gasteiger partial charge in [0.05, 0.1) is 17.5 Å². The second-order valence-corrected chi connectivity index (χ2v) is 8.45. The highest BCUT2D eigenvalue weighted by Crippen LogP contribution is 2.40. The standard InChI is InChI=1S/C26H19ClFN3O2/c1-14(12-29)24-20-5-3-16(9-17(20)13-33-22-11-19(28)4-6-21(22)24)26(32)25-15(2)30-23-10-18(27)7-8-31(23)25/h3-11,26,32H,13H2,1-2H3/b24-14-. The zero-order chi connectivity index (χ0) is 23.3. The number of pyridine rings is 1. The normalized spacial score (nSPS) is 15.2. The number of nitriles is 1. The predicted octanol–water partition coefficient (Wildman–Crippen LogP) is 5.75. The molecule has 4 aromatic rings. The van der Waals surface area contributed by atoms with E-state index < -0.39 is 11.9 Å². The summed E-state index contributed by atoms with van der Waals surface area (Å²) in [6.07, 6.45) is 0.837. The van der Waals surface area contributed by atoms with Crippen LogP contribution in [0.25, 0.3) is 11.2 Å². The molecular weight excluding hydrogens is 441 g/mol. The summed E-state index contributed by atoms with van der Waals surface area (Å²) >= 11 is 6.09. The Morgan fingerprint density at radius 3 is 2.79 bits per heavy atom. The molecule has 0 saturated heterocycles. The van der Waals surface area contributed by atoms with Gasteiger partial charge in [0.25, 0.3) is 0 Å². The van der Waals surface area contributed by atoms with E-state index in [0.29, 0.717) is 50.1 Å². The van der Waals surface area contributed by atoms with Crippen molar-refractivity contribution in [3.8, 4) is 11.8 Å². The van der Waals surface area contributed by atoms with Crippen molar-refractivity contribution < 1.29 is 14.2 Å². The SMILES string of the molecule is C/C(C#N)=C1\c2ccc(C(O)c3c(C)nc4cc(Cl)ccn34)cc2COc2cc(F)ccc21. The second-order valence-electron chi connectivity index (χ2n) is 8.02. The lowest BCUT2D eigenvalue weighted by atomic mass is 9.89. The summed E-state index contributed by atoms with van der Waals surface area (Å²) in [5.41, 5.74) is 6.11. The Kier molecular flexibility index (Phi) is 5.16. The summed E-state index contributed by atoms with van der Waals surface area (Å²) in [6, 6.07) is 15.6. The van der Waals surface area contributed by atoms with E-state index in [4.69, 9.17) is 16.3 Å². The maximum Gasteiger partial charge on any atom is 0.138 e.